The van der Waals surface area contributed by atoms with Crippen LogP contribution in [0.4, 0.5) is 5.69 Å². The van der Waals surface area contributed by atoms with E-state index >= 15 is 0 Å². The molecule has 1 amide bonds. The lowest BCUT2D eigenvalue weighted by Gasteiger charge is -2.35. The van der Waals surface area contributed by atoms with Gasteiger partial charge in [-0.15, -0.1) is 0 Å². The molecule has 0 aliphatic carbocycles. The number of nitrogens with zero attached hydrogens (tertiary/aromatic N) is 3. The molecule has 3 rings (SSSR count). The first kappa shape index (κ1) is 19.8. The zero-order valence-corrected chi connectivity index (χ0v) is 16.4. The summed E-state index contributed by atoms with van der Waals surface area (Å²) in [5, 5.41) is 4.37. The second-order valence-corrected chi connectivity index (χ2v) is 6.76. The fraction of sp³-hybridized carbons (Fsp3) is 0.300. The number of halogens is 1. The molecule has 0 unspecified atom stereocenters. The van der Waals surface area contributed by atoms with Crippen LogP contribution in [0.25, 0.3) is 0 Å². The normalized spacial score (nSPS) is 14.7. The molecule has 0 bridgehead atoms. The molecule has 0 atom stereocenters. The van der Waals surface area contributed by atoms with Crippen molar-refractivity contribution in [1.82, 2.24) is 4.90 Å². The van der Waals surface area contributed by atoms with Crippen LogP contribution in [0.1, 0.15) is 5.56 Å². The SMILES string of the molecule is COc1ccc(N2CCN(C(=O)CO/N=C(\N)c3cccc(Cl)c3)CC2)cc1. The summed E-state index contributed by atoms with van der Waals surface area (Å²) in [6.45, 7) is 2.62. The molecule has 0 saturated carbocycles. The van der Waals surface area contributed by atoms with Gasteiger partial charge in [-0.25, -0.2) is 0 Å². The number of methoxy groups -OCH3 is 1. The molecule has 28 heavy (non-hydrogen) atoms. The summed E-state index contributed by atoms with van der Waals surface area (Å²) in [6.07, 6.45) is 0. The van der Waals surface area contributed by atoms with E-state index in [1.807, 2.05) is 24.3 Å². The largest absolute Gasteiger partial charge is 0.497 e. The summed E-state index contributed by atoms with van der Waals surface area (Å²) in [5.41, 5.74) is 7.62. The van der Waals surface area contributed by atoms with E-state index in [2.05, 4.69) is 10.1 Å². The number of hydrogen-bond acceptors (Lipinski definition) is 5. The summed E-state index contributed by atoms with van der Waals surface area (Å²) in [4.78, 5) is 21.5. The van der Waals surface area contributed by atoms with E-state index in [1.54, 1.807) is 36.3 Å². The van der Waals surface area contributed by atoms with Gasteiger partial charge in [0, 0.05) is 42.5 Å². The molecule has 7 nitrogen and oxygen atoms in total. The standard InChI is InChI=1S/C20H23ClN4O3/c1-27-18-7-5-17(6-8-18)24-9-11-25(12-10-24)19(26)14-28-23-20(22)15-3-2-4-16(21)13-15/h2-8,13H,9-12,14H2,1H3,(H2,22,23). The second-order valence-electron chi connectivity index (χ2n) is 6.33. The van der Waals surface area contributed by atoms with Gasteiger partial charge in [-0.05, 0) is 36.4 Å². The highest BCUT2D eigenvalue weighted by molar-refractivity contribution is 6.31. The van der Waals surface area contributed by atoms with Crippen LogP contribution >= 0.6 is 11.6 Å². The Morgan fingerprint density at radius 3 is 2.50 bits per heavy atom. The van der Waals surface area contributed by atoms with Crippen molar-refractivity contribution < 1.29 is 14.4 Å². The van der Waals surface area contributed by atoms with Gasteiger partial charge in [-0.1, -0.05) is 28.9 Å². The van der Waals surface area contributed by atoms with Gasteiger partial charge in [-0.3, -0.25) is 4.79 Å². The van der Waals surface area contributed by atoms with Crippen molar-refractivity contribution in [3.8, 4) is 5.75 Å². The number of hydrogen-bond donors (Lipinski definition) is 1. The highest BCUT2D eigenvalue weighted by Crippen LogP contribution is 2.20. The predicted molar refractivity (Wildman–Crippen MR) is 110 cm³/mol. The average molecular weight is 403 g/mol. The van der Waals surface area contributed by atoms with Gasteiger partial charge in [0.15, 0.2) is 12.4 Å². The van der Waals surface area contributed by atoms with Crippen LogP contribution in [0.5, 0.6) is 5.75 Å². The van der Waals surface area contributed by atoms with Crippen LogP contribution < -0.4 is 15.4 Å². The highest BCUT2D eigenvalue weighted by atomic mass is 35.5. The van der Waals surface area contributed by atoms with E-state index in [4.69, 9.17) is 26.9 Å². The fourth-order valence-corrected chi connectivity index (χ4v) is 3.15. The molecule has 2 aromatic carbocycles. The topological polar surface area (TPSA) is 80.4 Å². The van der Waals surface area contributed by atoms with Crippen LogP contribution in [0.15, 0.2) is 53.7 Å². The number of carbonyl (C=O) groups is 1. The highest BCUT2D eigenvalue weighted by Gasteiger charge is 2.21. The monoisotopic (exact) mass is 402 g/mol. The molecule has 1 fully saturated rings. The Hall–Kier alpha value is -2.93. The second kappa shape index (κ2) is 9.32. The predicted octanol–water partition coefficient (Wildman–Crippen LogP) is 2.33. The van der Waals surface area contributed by atoms with E-state index in [-0.39, 0.29) is 18.3 Å². The number of benzene rings is 2. The van der Waals surface area contributed by atoms with E-state index in [9.17, 15) is 4.79 Å². The van der Waals surface area contributed by atoms with Gasteiger partial charge < -0.3 is 25.1 Å². The third kappa shape index (κ3) is 5.07. The zero-order valence-electron chi connectivity index (χ0n) is 15.7. The van der Waals surface area contributed by atoms with Crippen molar-refractivity contribution in [2.45, 2.75) is 0 Å². The van der Waals surface area contributed by atoms with E-state index in [0.29, 0.717) is 23.7 Å². The van der Waals surface area contributed by atoms with Crippen molar-refractivity contribution >= 4 is 29.0 Å². The van der Waals surface area contributed by atoms with Gasteiger partial charge >= 0.3 is 0 Å². The minimum absolute atomic E-state index is 0.114. The molecule has 2 N–H and O–H groups in total. The lowest BCUT2D eigenvalue weighted by molar-refractivity contribution is -0.136. The van der Waals surface area contributed by atoms with E-state index in [1.165, 1.54) is 0 Å². The van der Waals surface area contributed by atoms with Crippen LogP contribution in [0, 0.1) is 0 Å². The van der Waals surface area contributed by atoms with Crippen molar-refractivity contribution in [1.29, 1.82) is 0 Å². The molecule has 1 saturated heterocycles. The number of ether oxygens (including phenoxy) is 1. The first-order chi connectivity index (χ1) is 13.6. The van der Waals surface area contributed by atoms with Crippen LogP contribution in [-0.2, 0) is 9.63 Å². The number of anilines is 1. The maximum atomic E-state index is 12.3. The average Bonchev–Trinajstić information content (AvgIpc) is 2.73. The Bertz CT molecular complexity index is 834. The fourth-order valence-electron chi connectivity index (χ4n) is 2.96. The Balaban J connectivity index is 1.46. The molecule has 0 spiro atoms. The van der Waals surface area contributed by atoms with Crippen molar-refractivity contribution in [3.63, 3.8) is 0 Å². The maximum Gasteiger partial charge on any atom is 0.263 e. The lowest BCUT2D eigenvalue weighted by atomic mass is 10.2. The number of amides is 1. The van der Waals surface area contributed by atoms with E-state index < -0.39 is 0 Å². The Kier molecular flexibility index (Phi) is 6.60. The molecule has 8 heteroatoms. The van der Waals surface area contributed by atoms with Crippen molar-refractivity contribution in [2.24, 2.45) is 10.9 Å². The van der Waals surface area contributed by atoms with Gasteiger partial charge in [0.25, 0.3) is 5.91 Å². The third-order valence-electron chi connectivity index (χ3n) is 4.54. The molecular formula is C20H23ClN4O3. The third-order valence-corrected chi connectivity index (χ3v) is 4.78. The Morgan fingerprint density at radius 1 is 1.14 bits per heavy atom. The summed E-state index contributed by atoms with van der Waals surface area (Å²) in [5.74, 6) is 0.893. The first-order valence-electron chi connectivity index (χ1n) is 8.95. The van der Waals surface area contributed by atoms with Crippen LogP contribution in [0.3, 0.4) is 0 Å². The molecule has 0 radical (unpaired) electrons. The minimum atomic E-state index is -0.149. The molecule has 1 heterocycles. The van der Waals surface area contributed by atoms with Gasteiger partial charge in [0.05, 0.1) is 7.11 Å². The first-order valence-corrected chi connectivity index (χ1v) is 9.33. The van der Waals surface area contributed by atoms with Crippen molar-refractivity contribution in [2.75, 3.05) is 44.8 Å². The molecule has 2 aromatic rings. The van der Waals surface area contributed by atoms with Crippen molar-refractivity contribution in [3.05, 3.63) is 59.1 Å². The maximum absolute atomic E-state index is 12.3. The zero-order chi connectivity index (χ0) is 19.9. The smallest absolute Gasteiger partial charge is 0.263 e. The number of piperazine rings is 1. The van der Waals surface area contributed by atoms with Gasteiger partial charge in [0.1, 0.15) is 5.75 Å². The number of amidine groups is 1. The molecule has 0 aromatic heterocycles. The Morgan fingerprint density at radius 2 is 1.86 bits per heavy atom. The summed E-state index contributed by atoms with van der Waals surface area (Å²) in [6, 6.07) is 14.9. The lowest BCUT2D eigenvalue weighted by Crippen LogP contribution is -2.49. The molecule has 148 valence electrons. The van der Waals surface area contributed by atoms with E-state index in [0.717, 1.165) is 24.5 Å². The Labute approximate surface area is 169 Å². The quantitative estimate of drug-likeness (QED) is 0.455. The van der Waals surface area contributed by atoms with Gasteiger partial charge in [-0.2, -0.15) is 0 Å². The number of rotatable bonds is 6. The minimum Gasteiger partial charge on any atom is -0.497 e. The molecular weight excluding hydrogens is 380 g/mol. The van der Waals surface area contributed by atoms with Crippen LogP contribution in [0.2, 0.25) is 5.02 Å². The van der Waals surface area contributed by atoms with Crippen LogP contribution in [-0.4, -0.2) is 56.5 Å². The summed E-state index contributed by atoms with van der Waals surface area (Å²) >= 11 is 5.92. The number of carbonyl (C=O) groups excluding carboxylic acids is 1. The number of nitrogens with two attached hydrogens (primary N) is 1. The van der Waals surface area contributed by atoms with Gasteiger partial charge in [0.2, 0.25) is 0 Å². The summed E-state index contributed by atoms with van der Waals surface area (Å²) in [7, 11) is 1.65. The molecule has 1 aliphatic rings. The number of oxime groups is 1. The molecule has 1 aliphatic heterocycles. The summed E-state index contributed by atoms with van der Waals surface area (Å²) < 4.78 is 5.18.